The van der Waals surface area contributed by atoms with Gasteiger partial charge in [-0.3, -0.25) is 19.1 Å². The second-order valence-corrected chi connectivity index (χ2v) is 7.70. The lowest BCUT2D eigenvalue weighted by atomic mass is 10.1. The van der Waals surface area contributed by atoms with Crippen molar-refractivity contribution >= 4 is 40.7 Å². The van der Waals surface area contributed by atoms with Crippen LogP contribution in [0.4, 0.5) is 5.69 Å². The molecule has 1 atom stereocenters. The van der Waals surface area contributed by atoms with Gasteiger partial charge in [0.05, 0.1) is 0 Å². The number of rotatable bonds is 4. The maximum absolute atomic E-state index is 12.9. The Morgan fingerprint density at radius 2 is 1.93 bits per heavy atom. The summed E-state index contributed by atoms with van der Waals surface area (Å²) in [5.74, 6) is -1.02. The molecule has 154 valence electrons. The Kier molecular flexibility index (Phi) is 5.61. The molecule has 0 radical (unpaired) electrons. The van der Waals surface area contributed by atoms with E-state index in [0.29, 0.717) is 46.2 Å². The standard InChI is InChI=1S/C20H16Cl2N4O4/c21-13-7-12(8-14(22)10-13)19(28)26-6-2-5-16(26)18(27)23-15-4-1-3-11(9-15)17-24-20(29)30-25-17/h1,3-4,7-10,16H,2,5-6H2,(H,23,27)(H,24,25,29). The number of benzene rings is 2. The van der Waals surface area contributed by atoms with Gasteiger partial charge in [-0.2, -0.15) is 0 Å². The molecule has 8 nitrogen and oxygen atoms in total. The van der Waals surface area contributed by atoms with Crippen molar-refractivity contribution in [2.45, 2.75) is 18.9 Å². The van der Waals surface area contributed by atoms with Gasteiger partial charge in [0.15, 0.2) is 5.82 Å². The first-order valence-electron chi connectivity index (χ1n) is 9.15. The number of carbonyl (C=O) groups excluding carboxylic acids is 2. The number of halogens is 2. The van der Waals surface area contributed by atoms with Gasteiger partial charge in [0.1, 0.15) is 6.04 Å². The number of hydrogen-bond acceptors (Lipinski definition) is 5. The van der Waals surface area contributed by atoms with E-state index in [4.69, 9.17) is 23.2 Å². The number of aromatic amines is 1. The third kappa shape index (κ3) is 4.24. The molecule has 0 saturated carbocycles. The van der Waals surface area contributed by atoms with Crippen LogP contribution >= 0.6 is 23.2 Å². The molecule has 0 spiro atoms. The number of amides is 2. The zero-order chi connectivity index (χ0) is 21.3. The maximum Gasteiger partial charge on any atom is 0.439 e. The van der Waals surface area contributed by atoms with Gasteiger partial charge < -0.3 is 10.2 Å². The Bertz CT molecular complexity index is 1150. The molecule has 0 aliphatic carbocycles. The number of nitrogens with one attached hydrogen (secondary N) is 2. The molecular formula is C20H16Cl2N4O4. The fourth-order valence-electron chi connectivity index (χ4n) is 3.45. The second kappa shape index (κ2) is 8.33. The van der Waals surface area contributed by atoms with Crippen molar-refractivity contribution in [3.05, 3.63) is 68.6 Å². The summed E-state index contributed by atoms with van der Waals surface area (Å²) in [4.78, 5) is 41.0. The highest BCUT2D eigenvalue weighted by Gasteiger charge is 2.34. The maximum atomic E-state index is 12.9. The second-order valence-electron chi connectivity index (χ2n) is 6.83. The molecule has 30 heavy (non-hydrogen) atoms. The highest BCUT2D eigenvalue weighted by atomic mass is 35.5. The minimum absolute atomic E-state index is 0.256. The highest BCUT2D eigenvalue weighted by Crippen LogP contribution is 2.26. The Morgan fingerprint density at radius 3 is 2.63 bits per heavy atom. The van der Waals surface area contributed by atoms with E-state index in [1.165, 1.54) is 17.0 Å². The monoisotopic (exact) mass is 446 g/mol. The molecule has 1 aliphatic rings. The van der Waals surface area contributed by atoms with Crippen molar-refractivity contribution < 1.29 is 14.1 Å². The van der Waals surface area contributed by atoms with Crippen LogP contribution in [0.25, 0.3) is 11.4 Å². The zero-order valence-electron chi connectivity index (χ0n) is 15.5. The summed E-state index contributed by atoms with van der Waals surface area (Å²) in [5, 5.41) is 7.17. The number of hydrogen-bond donors (Lipinski definition) is 2. The summed E-state index contributed by atoms with van der Waals surface area (Å²) in [7, 11) is 0. The summed E-state index contributed by atoms with van der Waals surface area (Å²) < 4.78 is 4.51. The molecule has 1 aromatic heterocycles. The van der Waals surface area contributed by atoms with Crippen LogP contribution in [0.1, 0.15) is 23.2 Å². The quantitative estimate of drug-likeness (QED) is 0.636. The van der Waals surface area contributed by atoms with Crippen molar-refractivity contribution in [3.63, 3.8) is 0 Å². The summed E-state index contributed by atoms with van der Waals surface area (Å²) in [6.07, 6.45) is 1.25. The predicted octanol–water partition coefficient (Wildman–Crippen LogP) is 3.58. The fourth-order valence-corrected chi connectivity index (χ4v) is 3.98. The first-order valence-corrected chi connectivity index (χ1v) is 9.90. The molecular weight excluding hydrogens is 431 g/mol. The van der Waals surface area contributed by atoms with Crippen LogP contribution in [0, 0.1) is 0 Å². The Balaban J connectivity index is 1.51. The van der Waals surface area contributed by atoms with Gasteiger partial charge in [-0.15, -0.1) is 0 Å². The lowest BCUT2D eigenvalue weighted by Crippen LogP contribution is -2.43. The van der Waals surface area contributed by atoms with Crippen molar-refractivity contribution in [1.29, 1.82) is 0 Å². The summed E-state index contributed by atoms with van der Waals surface area (Å²) in [6, 6.07) is 10.8. The molecule has 2 heterocycles. The molecule has 10 heteroatoms. The lowest BCUT2D eigenvalue weighted by Gasteiger charge is -2.24. The minimum Gasteiger partial charge on any atom is -0.327 e. The number of aromatic nitrogens is 2. The van der Waals surface area contributed by atoms with Gasteiger partial charge in [0.2, 0.25) is 5.91 Å². The van der Waals surface area contributed by atoms with E-state index in [1.54, 1.807) is 30.3 Å². The van der Waals surface area contributed by atoms with Crippen LogP contribution in [0.5, 0.6) is 0 Å². The van der Waals surface area contributed by atoms with Crippen LogP contribution < -0.4 is 11.1 Å². The third-order valence-corrected chi connectivity index (χ3v) is 5.21. The van der Waals surface area contributed by atoms with Crippen molar-refractivity contribution in [1.82, 2.24) is 15.0 Å². The van der Waals surface area contributed by atoms with Gasteiger partial charge in [0.25, 0.3) is 5.91 Å². The largest absolute Gasteiger partial charge is 0.439 e. The zero-order valence-corrected chi connectivity index (χ0v) is 17.0. The number of anilines is 1. The van der Waals surface area contributed by atoms with Crippen LogP contribution in [0.3, 0.4) is 0 Å². The molecule has 1 aliphatic heterocycles. The average molecular weight is 447 g/mol. The van der Waals surface area contributed by atoms with E-state index < -0.39 is 11.8 Å². The third-order valence-electron chi connectivity index (χ3n) is 4.77. The molecule has 2 N–H and O–H groups in total. The predicted molar refractivity (Wildman–Crippen MR) is 112 cm³/mol. The first-order chi connectivity index (χ1) is 14.4. The summed E-state index contributed by atoms with van der Waals surface area (Å²) in [5.41, 5.74) is 1.42. The average Bonchev–Trinajstić information content (AvgIpc) is 3.36. The van der Waals surface area contributed by atoms with Crippen molar-refractivity contribution in [2.75, 3.05) is 11.9 Å². The number of H-pyrrole nitrogens is 1. The van der Waals surface area contributed by atoms with Crippen LogP contribution in [-0.4, -0.2) is 39.4 Å². The van der Waals surface area contributed by atoms with Crippen LogP contribution in [-0.2, 0) is 4.79 Å². The van der Waals surface area contributed by atoms with Crippen LogP contribution in [0.15, 0.2) is 51.8 Å². The smallest absolute Gasteiger partial charge is 0.327 e. The van der Waals surface area contributed by atoms with E-state index in [9.17, 15) is 14.4 Å². The molecule has 2 amide bonds. The molecule has 3 aromatic rings. The molecule has 1 unspecified atom stereocenters. The van der Waals surface area contributed by atoms with E-state index >= 15 is 0 Å². The fraction of sp³-hybridized carbons (Fsp3) is 0.200. The summed E-state index contributed by atoms with van der Waals surface area (Å²) >= 11 is 12.0. The normalized spacial score (nSPS) is 15.9. The van der Waals surface area contributed by atoms with Gasteiger partial charge >= 0.3 is 5.76 Å². The number of likely N-dealkylation sites (tertiary alicyclic amines) is 1. The topological polar surface area (TPSA) is 108 Å². The molecule has 1 saturated heterocycles. The molecule has 1 fully saturated rings. The van der Waals surface area contributed by atoms with Gasteiger partial charge in [-0.25, -0.2) is 4.79 Å². The van der Waals surface area contributed by atoms with Gasteiger partial charge in [-0.05, 0) is 43.2 Å². The van der Waals surface area contributed by atoms with Crippen LogP contribution in [0.2, 0.25) is 10.0 Å². The Hall–Kier alpha value is -3.10. The minimum atomic E-state index is -0.666. The molecule has 0 bridgehead atoms. The molecule has 2 aromatic carbocycles. The lowest BCUT2D eigenvalue weighted by molar-refractivity contribution is -0.119. The Labute approximate surface area is 180 Å². The van der Waals surface area contributed by atoms with Gasteiger partial charge in [0, 0.05) is 33.4 Å². The van der Waals surface area contributed by atoms with E-state index in [0.717, 1.165) is 0 Å². The first kappa shape index (κ1) is 20.2. The van der Waals surface area contributed by atoms with E-state index in [1.807, 2.05) is 0 Å². The molecule has 4 rings (SSSR count). The van der Waals surface area contributed by atoms with Crippen molar-refractivity contribution in [2.24, 2.45) is 0 Å². The Morgan fingerprint density at radius 1 is 1.17 bits per heavy atom. The SMILES string of the molecule is O=C(Nc1cccc(-c2noc(=O)[nH]2)c1)C1CCCN1C(=O)c1cc(Cl)cc(Cl)c1. The van der Waals surface area contributed by atoms with E-state index in [2.05, 4.69) is 20.0 Å². The number of nitrogens with zero attached hydrogens (tertiary/aromatic N) is 2. The van der Waals surface area contributed by atoms with Gasteiger partial charge in [-0.1, -0.05) is 40.5 Å². The van der Waals surface area contributed by atoms with Crippen molar-refractivity contribution in [3.8, 4) is 11.4 Å². The highest BCUT2D eigenvalue weighted by molar-refractivity contribution is 6.35. The van der Waals surface area contributed by atoms with E-state index in [-0.39, 0.29) is 17.6 Å². The number of carbonyl (C=O) groups is 2. The summed E-state index contributed by atoms with van der Waals surface area (Å²) in [6.45, 7) is 0.460.